The van der Waals surface area contributed by atoms with Crippen molar-refractivity contribution in [2.24, 2.45) is 0 Å². The quantitative estimate of drug-likeness (QED) is 0.344. The van der Waals surface area contributed by atoms with Crippen molar-refractivity contribution in [3.8, 4) is 22.1 Å². The molecular weight excluding hydrogens is 416 g/mol. The number of para-hydroxylation sites is 1. The van der Waals surface area contributed by atoms with Crippen molar-refractivity contribution >= 4 is 34.0 Å². The van der Waals surface area contributed by atoms with E-state index < -0.39 is 0 Å². The van der Waals surface area contributed by atoms with Crippen LogP contribution in [0.2, 0.25) is 0 Å². The molecule has 30 heavy (non-hydrogen) atoms. The van der Waals surface area contributed by atoms with Crippen molar-refractivity contribution in [1.29, 1.82) is 0 Å². The van der Waals surface area contributed by atoms with Gasteiger partial charge in [0.2, 0.25) is 11.7 Å². The molecule has 1 N–H and O–H groups in total. The van der Waals surface area contributed by atoms with Crippen LogP contribution in [0.1, 0.15) is 36.9 Å². The normalized spacial score (nSPS) is 15.1. The van der Waals surface area contributed by atoms with Gasteiger partial charge in [0.1, 0.15) is 0 Å². The lowest BCUT2D eigenvalue weighted by molar-refractivity contribution is 0.380. The molecule has 0 radical (unpaired) electrons. The number of hydrogen-bond acceptors (Lipinski definition) is 7. The van der Waals surface area contributed by atoms with Gasteiger partial charge < -0.3 is 9.51 Å². The third kappa shape index (κ3) is 3.05. The van der Waals surface area contributed by atoms with E-state index in [0.717, 1.165) is 45.2 Å². The molecule has 4 aromatic heterocycles. The number of benzene rings is 1. The summed E-state index contributed by atoms with van der Waals surface area (Å²) >= 11 is 3.21. The molecule has 0 aliphatic heterocycles. The molecular formula is C21H18N6OS2. The Hall–Kier alpha value is -2.91. The van der Waals surface area contributed by atoms with Crippen LogP contribution in [0.3, 0.4) is 0 Å². The second kappa shape index (κ2) is 7.10. The molecule has 1 aliphatic carbocycles. The Kier molecular flexibility index (Phi) is 4.24. The Morgan fingerprint density at radius 2 is 2.10 bits per heavy atom. The summed E-state index contributed by atoms with van der Waals surface area (Å²) in [7, 11) is 0. The van der Waals surface area contributed by atoms with Crippen molar-refractivity contribution in [2.75, 3.05) is 0 Å². The largest absolute Gasteiger partial charge is 0.360 e. The molecule has 4 heterocycles. The molecule has 1 aliphatic rings. The summed E-state index contributed by atoms with van der Waals surface area (Å²) in [6, 6.07) is 12.7. The van der Waals surface area contributed by atoms with Crippen LogP contribution in [0.15, 0.2) is 57.7 Å². The predicted octanol–water partition coefficient (Wildman–Crippen LogP) is 5.73. The molecule has 5 aromatic rings. The summed E-state index contributed by atoms with van der Waals surface area (Å²) in [4.78, 5) is 8.94. The number of aromatic amines is 1. The maximum absolute atomic E-state index is 5.54. The van der Waals surface area contributed by atoms with Crippen molar-refractivity contribution in [3.05, 3.63) is 53.9 Å². The summed E-state index contributed by atoms with van der Waals surface area (Å²) in [5.74, 6) is 2.15. The summed E-state index contributed by atoms with van der Waals surface area (Å²) in [5, 5.41) is 17.3. The smallest absolute Gasteiger partial charge is 0.240 e. The number of H-pyrrole nitrogens is 1. The fourth-order valence-electron chi connectivity index (χ4n) is 3.57. The summed E-state index contributed by atoms with van der Waals surface area (Å²) in [5.41, 5.74) is 2.19. The summed E-state index contributed by atoms with van der Waals surface area (Å²) in [6.07, 6.45) is 4.33. The SMILES string of the molecule is C[C@@H](Sc1nnc(-c2c[nH]c3ccccc23)n1C1CC1)c1nc(-c2cccs2)no1. The van der Waals surface area contributed by atoms with Gasteiger partial charge in [-0.3, -0.25) is 4.57 Å². The first-order valence-corrected chi connectivity index (χ1v) is 11.6. The lowest BCUT2D eigenvalue weighted by Crippen LogP contribution is -2.01. The van der Waals surface area contributed by atoms with Crippen LogP contribution in [-0.4, -0.2) is 29.9 Å². The molecule has 150 valence electrons. The van der Waals surface area contributed by atoms with Crippen molar-refractivity contribution in [2.45, 2.75) is 36.2 Å². The third-order valence-corrected chi connectivity index (χ3v) is 7.13. The Bertz CT molecular complexity index is 1310. The predicted molar refractivity (Wildman–Crippen MR) is 117 cm³/mol. The van der Waals surface area contributed by atoms with Crippen LogP contribution in [0.5, 0.6) is 0 Å². The standard InChI is InChI=1S/C21H18N6OS2/c1-12(20-23-18(26-28-20)17-7-4-10-29-17)30-21-25-24-19(27(21)13-8-9-13)15-11-22-16-6-3-2-5-14(15)16/h2-7,10-13,22H,8-9H2,1H3/t12-/m1/s1. The monoisotopic (exact) mass is 434 g/mol. The Morgan fingerprint density at radius 1 is 1.20 bits per heavy atom. The third-order valence-electron chi connectivity index (χ3n) is 5.22. The highest BCUT2D eigenvalue weighted by atomic mass is 32.2. The van der Waals surface area contributed by atoms with E-state index in [4.69, 9.17) is 4.52 Å². The molecule has 1 aromatic carbocycles. The number of rotatable bonds is 6. The molecule has 9 heteroatoms. The first kappa shape index (κ1) is 17.9. The van der Waals surface area contributed by atoms with Crippen molar-refractivity contribution in [3.63, 3.8) is 0 Å². The van der Waals surface area contributed by atoms with Crippen molar-refractivity contribution < 1.29 is 4.52 Å². The molecule has 1 fully saturated rings. The molecule has 0 unspecified atom stereocenters. The summed E-state index contributed by atoms with van der Waals surface area (Å²) in [6.45, 7) is 2.06. The second-order valence-corrected chi connectivity index (χ2v) is 9.60. The average Bonchev–Trinajstić information content (AvgIpc) is 3.24. The van der Waals surface area contributed by atoms with E-state index in [0.29, 0.717) is 17.8 Å². The number of fused-ring (bicyclic) bond motifs is 1. The van der Waals surface area contributed by atoms with Gasteiger partial charge in [-0.2, -0.15) is 4.98 Å². The first-order chi connectivity index (χ1) is 14.8. The highest BCUT2D eigenvalue weighted by molar-refractivity contribution is 7.99. The fourth-order valence-corrected chi connectivity index (χ4v) is 5.17. The van der Waals surface area contributed by atoms with Gasteiger partial charge in [0.05, 0.1) is 10.1 Å². The van der Waals surface area contributed by atoms with Gasteiger partial charge in [-0.1, -0.05) is 41.2 Å². The van der Waals surface area contributed by atoms with E-state index in [2.05, 4.69) is 55.0 Å². The lowest BCUT2D eigenvalue weighted by atomic mass is 10.1. The van der Waals surface area contributed by atoms with Gasteiger partial charge in [0, 0.05) is 28.7 Å². The zero-order valence-corrected chi connectivity index (χ0v) is 17.8. The van der Waals surface area contributed by atoms with Crippen LogP contribution < -0.4 is 0 Å². The van der Waals surface area contributed by atoms with Crippen LogP contribution in [0.4, 0.5) is 0 Å². The minimum atomic E-state index is -0.0243. The van der Waals surface area contributed by atoms with Gasteiger partial charge in [-0.25, -0.2) is 0 Å². The number of nitrogens with zero attached hydrogens (tertiary/aromatic N) is 5. The molecule has 1 saturated carbocycles. The number of thioether (sulfide) groups is 1. The maximum atomic E-state index is 5.54. The number of nitrogens with one attached hydrogen (secondary N) is 1. The van der Waals surface area contributed by atoms with E-state index in [1.807, 2.05) is 29.8 Å². The van der Waals surface area contributed by atoms with E-state index >= 15 is 0 Å². The van der Waals surface area contributed by atoms with E-state index in [1.165, 1.54) is 0 Å². The van der Waals surface area contributed by atoms with E-state index in [9.17, 15) is 0 Å². The average molecular weight is 435 g/mol. The Morgan fingerprint density at radius 3 is 2.93 bits per heavy atom. The summed E-state index contributed by atoms with van der Waals surface area (Å²) < 4.78 is 7.81. The first-order valence-electron chi connectivity index (χ1n) is 9.83. The van der Waals surface area contributed by atoms with Gasteiger partial charge in [-0.05, 0) is 37.3 Å². The van der Waals surface area contributed by atoms with Gasteiger partial charge in [-0.15, -0.1) is 21.5 Å². The second-order valence-electron chi connectivity index (χ2n) is 7.35. The van der Waals surface area contributed by atoms with Crippen LogP contribution >= 0.6 is 23.1 Å². The van der Waals surface area contributed by atoms with Crippen LogP contribution in [-0.2, 0) is 0 Å². The van der Waals surface area contributed by atoms with Gasteiger partial charge in [0.25, 0.3) is 0 Å². The molecule has 7 nitrogen and oxygen atoms in total. The van der Waals surface area contributed by atoms with Gasteiger partial charge >= 0.3 is 0 Å². The Balaban J connectivity index is 1.33. The number of thiophene rings is 1. The highest BCUT2D eigenvalue weighted by Crippen LogP contribution is 2.44. The van der Waals surface area contributed by atoms with E-state index in [1.54, 1.807) is 23.1 Å². The van der Waals surface area contributed by atoms with Crippen molar-refractivity contribution in [1.82, 2.24) is 29.9 Å². The molecule has 0 saturated heterocycles. The minimum absolute atomic E-state index is 0.0243. The minimum Gasteiger partial charge on any atom is -0.360 e. The zero-order chi connectivity index (χ0) is 20.1. The number of hydrogen-bond donors (Lipinski definition) is 1. The van der Waals surface area contributed by atoms with Crippen LogP contribution in [0, 0.1) is 0 Å². The molecule has 0 amide bonds. The highest BCUT2D eigenvalue weighted by Gasteiger charge is 2.32. The fraction of sp³-hybridized carbons (Fsp3) is 0.238. The Labute approximate surface area is 180 Å². The van der Waals surface area contributed by atoms with E-state index in [-0.39, 0.29) is 5.25 Å². The van der Waals surface area contributed by atoms with Crippen LogP contribution in [0.25, 0.3) is 33.0 Å². The van der Waals surface area contributed by atoms with Gasteiger partial charge in [0.15, 0.2) is 11.0 Å². The molecule has 0 spiro atoms. The zero-order valence-electron chi connectivity index (χ0n) is 16.1. The maximum Gasteiger partial charge on any atom is 0.240 e. The molecule has 1 atom stereocenters. The topological polar surface area (TPSA) is 85.4 Å². The lowest BCUT2D eigenvalue weighted by Gasteiger charge is -2.10. The molecule has 0 bridgehead atoms. The number of aromatic nitrogens is 6. The molecule has 6 rings (SSSR count).